The zero-order chi connectivity index (χ0) is 12.1. The molecule has 1 N–H and O–H groups in total. The molecule has 1 aliphatic rings. The van der Waals surface area contributed by atoms with E-state index >= 15 is 0 Å². The topological polar surface area (TPSA) is 38.3 Å². The van der Waals surface area contributed by atoms with Gasteiger partial charge >= 0.3 is 5.97 Å². The van der Waals surface area contributed by atoms with Gasteiger partial charge in [0.1, 0.15) is 6.04 Å². The molecule has 1 unspecified atom stereocenters. The summed E-state index contributed by atoms with van der Waals surface area (Å²) in [5.74, 6) is -0.186. The zero-order valence-corrected chi connectivity index (χ0v) is 11.0. The van der Waals surface area contributed by atoms with Gasteiger partial charge in [-0.25, -0.2) is 4.79 Å². The molecule has 1 aromatic rings. The number of rotatable bonds is 4. The average molecular weight is 253 g/mol. The molecular weight excluding hydrogens is 234 g/mol. The minimum atomic E-state index is -0.297. The SMILES string of the molecule is COC(=O)C(NC1CCCCC1)c1ccsc1. The fourth-order valence-corrected chi connectivity index (χ4v) is 3.05. The molecule has 1 heterocycles. The summed E-state index contributed by atoms with van der Waals surface area (Å²) in [7, 11) is 1.45. The first kappa shape index (κ1) is 12.6. The lowest BCUT2D eigenvalue weighted by Gasteiger charge is -2.26. The number of hydrogen-bond donors (Lipinski definition) is 1. The molecule has 1 aliphatic carbocycles. The Morgan fingerprint density at radius 2 is 2.24 bits per heavy atom. The largest absolute Gasteiger partial charge is 0.468 e. The van der Waals surface area contributed by atoms with E-state index < -0.39 is 0 Å². The van der Waals surface area contributed by atoms with E-state index in [4.69, 9.17) is 4.74 Å². The van der Waals surface area contributed by atoms with Gasteiger partial charge in [-0.15, -0.1) is 0 Å². The quantitative estimate of drug-likeness (QED) is 0.839. The van der Waals surface area contributed by atoms with Crippen molar-refractivity contribution >= 4 is 17.3 Å². The van der Waals surface area contributed by atoms with E-state index in [9.17, 15) is 4.79 Å². The fourth-order valence-electron chi connectivity index (χ4n) is 2.36. The number of methoxy groups -OCH3 is 1. The van der Waals surface area contributed by atoms with Crippen LogP contribution in [0.2, 0.25) is 0 Å². The highest BCUT2D eigenvalue weighted by Gasteiger charge is 2.25. The van der Waals surface area contributed by atoms with Gasteiger partial charge in [-0.1, -0.05) is 19.3 Å². The Bertz CT molecular complexity index is 344. The molecule has 0 amide bonds. The molecule has 1 saturated carbocycles. The summed E-state index contributed by atoms with van der Waals surface area (Å²) in [6, 6.07) is 2.14. The van der Waals surface area contributed by atoms with E-state index in [1.807, 2.05) is 16.8 Å². The van der Waals surface area contributed by atoms with Gasteiger partial charge in [0.15, 0.2) is 0 Å². The van der Waals surface area contributed by atoms with Crippen LogP contribution in [0.1, 0.15) is 43.7 Å². The Hall–Kier alpha value is -0.870. The highest BCUT2D eigenvalue weighted by Crippen LogP contribution is 2.23. The third-order valence-electron chi connectivity index (χ3n) is 3.32. The predicted molar refractivity (Wildman–Crippen MR) is 69.1 cm³/mol. The van der Waals surface area contributed by atoms with Gasteiger partial charge in [0.25, 0.3) is 0 Å². The van der Waals surface area contributed by atoms with Crippen LogP contribution in [0.25, 0.3) is 0 Å². The maximum absolute atomic E-state index is 11.8. The van der Waals surface area contributed by atoms with E-state index in [2.05, 4.69) is 5.32 Å². The molecular formula is C13H19NO2S. The van der Waals surface area contributed by atoms with E-state index in [1.165, 1.54) is 26.4 Å². The number of thiophene rings is 1. The second-order valence-electron chi connectivity index (χ2n) is 4.51. The number of nitrogens with one attached hydrogen (secondary N) is 1. The predicted octanol–water partition coefficient (Wildman–Crippen LogP) is 2.88. The monoisotopic (exact) mass is 253 g/mol. The standard InChI is InChI=1S/C13H19NO2S/c1-16-13(15)12(10-7-8-17-9-10)14-11-5-3-2-4-6-11/h7-9,11-12,14H,2-6H2,1H3. The summed E-state index contributed by atoms with van der Waals surface area (Å²) >= 11 is 1.61. The van der Waals surface area contributed by atoms with E-state index in [1.54, 1.807) is 11.3 Å². The van der Waals surface area contributed by atoms with E-state index in [0.717, 1.165) is 18.4 Å². The van der Waals surface area contributed by atoms with Crippen LogP contribution in [0.4, 0.5) is 0 Å². The van der Waals surface area contributed by atoms with Crippen molar-refractivity contribution in [1.82, 2.24) is 5.32 Å². The summed E-state index contributed by atoms with van der Waals surface area (Å²) in [4.78, 5) is 11.8. The van der Waals surface area contributed by atoms with Crippen LogP contribution in [0.5, 0.6) is 0 Å². The van der Waals surface area contributed by atoms with Crippen molar-refractivity contribution < 1.29 is 9.53 Å². The minimum Gasteiger partial charge on any atom is -0.468 e. The molecule has 94 valence electrons. The third kappa shape index (κ3) is 3.30. The lowest BCUT2D eigenvalue weighted by molar-refractivity contribution is -0.143. The molecule has 1 atom stereocenters. The van der Waals surface area contributed by atoms with Gasteiger partial charge < -0.3 is 4.74 Å². The molecule has 2 rings (SSSR count). The molecule has 17 heavy (non-hydrogen) atoms. The number of carbonyl (C=O) groups is 1. The smallest absolute Gasteiger partial charge is 0.327 e. The maximum atomic E-state index is 11.8. The average Bonchev–Trinajstić information content (AvgIpc) is 2.90. The van der Waals surface area contributed by atoms with Crippen LogP contribution in [-0.2, 0) is 9.53 Å². The molecule has 0 bridgehead atoms. The first-order valence-electron chi connectivity index (χ1n) is 6.17. The Labute approximate surface area is 106 Å². The maximum Gasteiger partial charge on any atom is 0.327 e. The second-order valence-corrected chi connectivity index (χ2v) is 5.29. The second kappa shape index (κ2) is 6.17. The van der Waals surface area contributed by atoms with Crippen LogP contribution in [0, 0.1) is 0 Å². The summed E-state index contributed by atoms with van der Waals surface area (Å²) < 4.78 is 4.88. The highest BCUT2D eigenvalue weighted by molar-refractivity contribution is 7.08. The molecule has 4 heteroatoms. The molecule has 3 nitrogen and oxygen atoms in total. The van der Waals surface area contributed by atoms with Crippen molar-refractivity contribution in [2.75, 3.05) is 7.11 Å². The fraction of sp³-hybridized carbons (Fsp3) is 0.615. The van der Waals surface area contributed by atoms with Crippen LogP contribution in [-0.4, -0.2) is 19.1 Å². The molecule has 0 spiro atoms. The minimum absolute atomic E-state index is 0.186. The third-order valence-corrected chi connectivity index (χ3v) is 4.02. The van der Waals surface area contributed by atoms with Crippen LogP contribution < -0.4 is 5.32 Å². The van der Waals surface area contributed by atoms with Crippen molar-refractivity contribution in [1.29, 1.82) is 0 Å². The Kier molecular flexibility index (Phi) is 4.57. The van der Waals surface area contributed by atoms with Crippen molar-refractivity contribution in [2.24, 2.45) is 0 Å². The number of hydrogen-bond acceptors (Lipinski definition) is 4. The lowest BCUT2D eigenvalue weighted by Crippen LogP contribution is -2.38. The number of esters is 1. The Morgan fingerprint density at radius 3 is 2.82 bits per heavy atom. The molecule has 1 aromatic heterocycles. The van der Waals surface area contributed by atoms with Crippen LogP contribution in [0.3, 0.4) is 0 Å². The molecule has 0 radical (unpaired) electrons. The van der Waals surface area contributed by atoms with Crippen LogP contribution >= 0.6 is 11.3 Å². The number of carbonyl (C=O) groups excluding carboxylic acids is 1. The first-order valence-corrected chi connectivity index (χ1v) is 7.11. The van der Waals surface area contributed by atoms with Crippen molar-refractivity contribution in [2.45, 2.75) is 44.2 Å². The van der Waals surface area contributed by atoms with Gasteiger partial charge in [-0.05, 0) is 35.2 Å². The van der Waals surface area contributed by atoms with Crippen LogP contribution in [0.15, 0.2) is 16.8 Å². The highest BCUT2D eigenvalue weighted by atomic mass is 32.1. The summed E-state index contributed by atoms with van der Waals surface area (Å²) in [6.07, 6.45) is 6.17. The van der Waals surface area contributed by atoms with Gasteiger partial charge in [0.05, 0.1) is 7.11 Å². The normalized spacial score (nSPS) is 18.9. The van der Waals surface area contributed by atoms with E-state index in [-0.39, 0.29) is 12.0 Å². The molecule has 0 aliphatic heterocycles. The lowest BCUT2D eigenvalue weighted by atomic mass is 9.94. The molecule has 1 fully saturated rings. The first-order chi connectivity index (χ1) is 8.31. The molecule has 0 aromatic carbocycles. The number of ether oxygens (including phenoxy) is 1. The zero-order valence-electron chi connectivity index (χ0n) is 10.1. The van der Waals surface area contributed by atoms with Crippen molar-refractivity contribution in [3.63, 3.8) is 0 Å². The Morgan fingerprint density at radius 1 is 1.47 bits per heavy atom. The van der Waals surface area contributed by atoms with Crippen molar-refractivity contribution in [3.8, 4) is 0 Å². The summed E-state index contributed by atoms with van der Waals surface area (Å²) in [6.45, 7) is 0. The van der Waals surface area contributed by atoms with E-state index in [0.29, 0.717) is 6.04 Å². The van der Waals surface area contributed by atoms with Gasteiger partial charge in [0.2, 0.25) is 0 Å². The Balaban J connectivity index is 2.02. The summed E-state index contributed by atoms with van der Waals surface area (Å²) in [5.41, 5.74) is 1.02. The summed E-state index contributed by atoms with van der Waals surface area (Å²) in [5, 5.41) is 7.45. The van der Waals surface area contributed by atoms with Gasteiger partial charge in [-0.2, -0.15) is 11.3 Å². The molecule has 0 saturated heterocycles. The van der Waals surface area contributed by atoms with Gasteiger partial charge in [0, 0.05) is 6.04 Å². The van der Waals surface area contributed by atoms with Gasteiger partial charge in [-0.3, -0.25) is 5.32 Å². The van der Waals surface area contributed by atoms with Crippen molar-refractivity contribution in [3.05, 3.63) is 22.4 Å².